The molecule has 0 bridgehead atoms. The van der Waals surface area contributed by atoms with Crippen molar-refractivity contribution in [3.05, 3.63) is 11.6 Å². The van der Waals surface area contributed by atoms with Crippen molar-refractivity contribution in [2.24, 2.45) is 46.3 Å². The van der Waals surface area contributed by atoms with E-state index in [1.54, 1.807) is 5.57 Å². The lowest BCUT2D eigenvalue weighted by molar-refractivity contribution is -0.145. The first-order valence-corrected chi connectivity index (χ1v) is 13.7. The van der Waals surface area contributed by atoms with Crippen molar-refractivity contribution >= 4 is 5.97 Å². The normalized spacial score (nSPS) is 42.1. The molecular weight excluding hydrogens is 396 g/mol. The highest BCUT2D eigenvalue weighted by Gasteiger charge is 2.59. The molecule has 4 aliphatic carbocycles. The first kappa shape index (κ1) is 24.3. The van der Waals surface area contributed by atoms with Crippen LogP contribution in [0.4, 0.5) is 0 Å². The van der Waals surface area contributed by atoms with Gasteiger partial charge in [-0.25, -0.2) is 4.79 Å². The Morgan fingerprint density at radius 3 is 2.59 bits per heavy atom. The lowest BCUT2D eigenvalue weighted by atomic mass is 9.47. The monoisotopic (exact) mass is 444 g/mol. The lowest BCUT2D eigenvalue weighted by Crippen LogP contribution is -2.51. The summed E-state index contributed by atoms with van der Waals surface area (Å²) < 4.78 is 5.71. The Bertz CT molecular complexity index is 711. The van der Waals surface area contributed by atoms with Crippen LogP contribution in [0.3, 0.4) is 0 Å². The number of carboxylic acid groups (broad SMARTS) is 1. The number of fused-ring (bicyclic) bond motifs is 5. The van der Waals surface area contributed by atoms with Crippen LogP contribution >= 0.6 is 0 Å². The summed E-state index contributed by atoms with van der Waals surface area (Å²) in [6.07, 6.45) is 16.9. The topological polar surface area (TPSA) is 46.5 Å². The third-order valence-electron chi connectivity index (χ3n) is 10.7. The molecule has 0 aromatic rings. The van der Waals surface area contributed by atoms with Crippen LogP contribution in [0.2, 0.25) is 0 Å². The number of allylic oxidation sites excluding steroid dienone is 1. The summed E-state index contributed by atoms with van der Waals surface area (Å²) in [7, 11) is 0. The molecule has 0 radical (unpaired) electrons. The molecule has 4 aliphatic rings. The quantitative estimate of drug-likeness (QED) is 0.394. The summed E-state index contributed by atoms with van der Waals surface area (Å²) in [5.74, 6) is 4.33. The average molecular weight is 445 g/mol. The zero-order valence-corrected chi connectivity index (χ0v) is 21.4. The number of aliphatic carboxylic acids is 1. The maximum absolute atomic E-state index is 10.9. The van der Waals surface area contributed by atoms with Gasteiger partial charge in [-0.05, 0) is 97.7 Å². The molecule has 0 aliphatic heterocycles. The second-order valence-corrected chi connectivity index (χ2v) is 12.9. The fraction of sp³-hybridized carbons (Fsp3) is 0.897. The third-order valence-corrected chi connectivity index (χ3v) is 10.7. The van der Waals surface area contributed by atoms with Crippen molar-refractivity contribution in [2.75, 3.05) is 6.61 Å². The second-order valence-electron chi connectivity index (χ2n) is 12.9. The zero-order valence-electron chi connectivity index (χ0n) is 21.4. The van der Waals surface area contributed by atoms with E-state index in [-0.39, 0.29) is 12.7 Å². The summed E-state index contributed by atoms with van der Waals surface area (Å²) in [6.45, 7) is 12.3. The van der Waals surface area contributed by atoms with Gasteiger partial charge in [0.25, 0.3) is 0 Å². The van der Waals surface area contributed by atoms with Crippen LogP contribution in [0.1, 0.15) is 105 Å². The van der Waals surface area contributed by atoms with Crippen LogP contribution in [0.25, 0.3) is 0 Å². The van der Waals surface area contributed by atoms with E-state index in [0.29, 0.717) is 10.8 Å². The SMILES string of the molecule is CC(C)CCCC(C)C1CCC2C3CC=C4C[C@@H](OCC(=O)O)CC[C@]4(C)C3CC[C@]12C. The third kappa shape index (κ3) is 4.44. The van der Waals surface area contributed by atoms with Crippen molar-refractivity contribution in [3.8, 4) is 0 Å². The number of rotatable bonds is 8. The van der Waals surface area contributed by atoms with Crippen LogP contribution in [0, 0.1) is 46.3 Å². The van der Waals surface area contributed by atoms with Crippen molar-refractivity contribution in [2.45, 2.75) is 111 Å². The zero-order chi connectivity index (χ0) is 23.1. The molecule has 5 unspecified atom stereocenters. The van der Waals surface area contributed by atoms with Gasteiger partial charge in [-0.2, -0.15) is 0 Å². The van der Waals surface area contributed by atoms with Crippen LogP contribution in [-0.4, -0.2) is 23.8 Å². The van der Waals surface area contributed by atoms with Gasteiger partial charge in [0.15, 0.2) is 0 Å². The molecule has 3 heteroatoms. The summed E-state index contributed by atoms with van der Waals surface area (Å²) in [6, 6.07) is 0. The van der Waals surface area contributed by atoms with E-state index in [2.05, 4.69) is 40.7 Å². The molecule has 3 nitrogen and oxygen atoms in total. The van der Waals surface area contributed by atoms with Gasteiger partial charge in [0.05, 0.1) is 6.10 Å². The molecule has 0 heterocycles. The van der Waals surface area contributed by atoms with Gasteiger partial charge in [-0.1, -0.05) is 65.5 Å². The van der Waals surface area contributed by atoms with Gasteiger partial charge in [-0.3, -0.25) is 0 Å². The van der Waals surface area contributed by atoms with Crippen LogP contribution in [0.5, 0.6) is 0 Å². The van der Waals surface area contributed by atoms with Gasteiger partial charge < -0.3 is 9.84 Å². The van der Waals surface area contributed by atoms with Crippen LogP contribution < -0.4 is 0 Å². The molecule has 0 saturated heterocycles. The molecule has 0 spiro atoms. The highest BCUT2D eigenvalue weighted by Crippen LogP contribution is 2.67. The summed E-state index contributed by atoms with van der Waals surface area (Å²) in [5.41, 5.74) is 2.44. The lowest BCUT2D eigenvalue weighted by Gasteiger charge is -2.58. The van der Waals surface area contributed by atoms with E-state index >= 15 is 0 Å². The number of carbonyl (C=O) groups is 1. The largest absolute Gasteiger partial charge is 0.480 e. The number of carboxylic acids is 1. The summed E-state index contributed by atoms with van der Waals surface area (Å²) >= 11 is 0. The Balaban J connectivity index is 1.44. The fourth-order valence-electron chi connectivity index (χ4n) is 8.98. The highest BCUT2D eigenvalue weighted by molar-refractivity contribution is 5.68. The Morgan fingerprint density at radius 2 is 1.88 bits per heavy atom. The first-order chi connectivity index (χ1) is 15.1. The minimum Gasteiger partial charge on any atom is -0.480 e. The van der Waals surface area contributed by atoms with Gasteiger partial charge in [0.2, 0.25) is 0 Å². The maximum Gasteiger partial charge on any atom is 0.329 e. The molecular formula is C29H48O3. The Morgan fingerprint density at radius 1 is 1.09 bits per heavy atom. The molecule has 32 heavy (non-hydrogen) atoms. The van der Waals surface area contributed by atoms with E-state index < -0.39 is 5.97 Å². The Kier molecular flexibility index (Phi) is 7.16. The number of hydrogen-bond donors (Lipinski definition) is 1. The van der Waals surface area contributed by atoms with E-state index in [1.165, 1.54) is 57.8 Å². The van der Waals surface area contributed by atoms with Crippen molar-refractivity contribution in [3.63, 3.8) is 0 Å². The van der Waals surface area contributed by atoms with Crippen molar-refractivity contribution in [1.82, 2.24) is 0 Å². The Labute approximate surface area is 196 Å². The standard InChI is InChI=1S/C29H48O3/c1-19(2)7-6-8-20(3)24-11-12-25-23-10-9-21-17-22(32-18-27(30)31)13-15-28(21,4)26(23)14-16-29(24,25)5/h9,19-20,22-26H,6-8,10-18H2,1-5H3,(H,30,31)/t20?,22-,23?,24?,25?,26?,28-,29+/m0/s1. The van der Waals surface area contributed by atoms with E-state index in [0.717, 1.165) is 48.3 Å². The summed E-state index contributed by atoms with van der Waals surface area (Å²) in [5, 5.41) is 8.99. The van der Waals surface area contributed by atoms with E-state index in [1.807, 2.05) is 0 Å². The van der Waals surface area contributed by atoms with Crippen LogP contribution in [0.15, 0.2) is 11.6 Å². The van der Waals surface area contributed by atoms with Crippen molar-refractivity contribution in [1.29, 1.82) is 0 Å². The van der Waals surface area contributed by atoms with Gasteiger partial charge >= 0.3 is 5.97 Å². The maximum atomic E-state index is 10.9. The molecule has 3 saturated carbocycles. The number of ether oxygens (including phenoxy) is 1. The van der Waals surface area contributed by atoms with E-state index in [4.69, 9.17) is 9.84 Å². The molecule has 3 fully saturated rings. The van der Waals surface area contributed by atoms with E-state index in [9.17, 15) is 4.79 Å². The predicted octanol–water partition coefficient (Wildman–Crippen LogP) is 7.50. The molecule has 182 valence electrons. The second kappa shape index (κ2) is 9.43. The molecule has 4 rings (SSSR count). The highest BCUT2D eigenvalue weighted by atomic mass is 16.5. The average Bonchev–Trinajstić information content (AvgIpc) is 3.09. The van der Waals surface area contributed by atoms with Gasteiger partial charge in [0.1, 0.15) is 6.61 Å². The predicted molar refractivity (Wildman–Crippen MR) is 130 cm³/mol. The van der Waals surface area contributed by atoms with Gasteiger partial charge in [0, 0.05) is 0 Å². The number of hydrogen-bond acceptors (Lipinski definition) is 2. The van der Waals surface area contributed by atoms with Crippen molar-refractivity contribution < 1.29 is 14.6 Å². The fourth-order valence-corrected chi connectivity index (χ4v) is 8.98. The molecule has 0 aromatic heterocycles. The minimum absolute atomic E-state index is 0.0957. The first-order valence-electron chi connectivity index (χ1n) is 13.7. The smallest absolute Gasteiger partial charge is 0.329 e. The molecule has 1 N–H and O–H groups in total. The van der Waals surface area contributed by atoms with Crippen LogP contribution in [-0.2, 0) is 9.53 Å². The summed E-state index contributed by atoms with van der Waals surface area (Å²) in [4.78, 5) is 10.9. The van der Waals surface area contributed by atoms with Gasteiger partial charge in [-0.15, -0.1) is 0 Å². The Hall–Kier alpha value is -0.830. The minimum atomic E-state index is -0.850. The molecule has 0 amide bonds. The molecule has 0 aromatic carbocycles. The molecule has 8 atom stereocenters.